The number of nitrogens with zero attached hydrogens (tertiary/aromatic N) is 4. The molecule has 6 heteroatoms. The average molecular weight is 313 g/mol. The van der Waals surface area contributed by atoms with Crippen molar-refractivity contribution in [3.8, 4) is 6.07 Å². The molecule has 0 spiro atoms. The topological polar surface area (TPSA) is 72.3 Å². The maximum atomic E-state index is 12.4. The monoisotopic (exact) mass is 313 g/mol. The third-order valence-electron chi connectivity index (χ3n) is 4.60. The molecule has 0 saturated carbocycles. The molecule has 2 aliphatic rings. The molecule has 0 bridgehead atoms. The van der Waals surface area contributed by atoms with Gasteiger partial charge in [0.05, 0.1) is 12.1 Å². The van der Waals surface area contributed by atoms with E-state index in [2.05, 4.69) is 11.4 Å². The number of pyridine rings is 1. The maximum Gasteiger partial charge on any atom is 0.242 e. The van der Waals surface area contributed by atoms with Crippen molar-refractivity contribution in [1.82, 2.24) is 15.2 Å². The number of hydrogen-bond donors (Lipinski definition) is 1. The predicted octanol–water partition coefficient (Wildman–Crippen LogP) is 0.700. The second kappa shape index (κ2) is 6.97. The molecule has 0 unspecified atom stereocenters. The van der Waals surface area contributed by atoms with Crippen molar-refractivity contribution in [2.24, 2.45) is 0 Å². The molecule has 1 saturated heterocycles. The highest BCUT2D eigenvalue weighted by Crippen LogP contribution is 2.26. The van der Waals surface area contributed by atoms with Gasteiger partial charge in [0.2, 0.25) is 5.91 Å². The lowest BCUT2D eigenvalue weighted by molar-refractivity contribution is -0.130. The summed E-state index contributed by atoms with van der Waals surface area (Å²) in [6, 6.07) is 4.20. The zero-order valence-corrected chi connectivity index (χ0v) is 13.6. The van der Waals surface area contributed by atoms with Gasteiger partial charge in [-0.15, -0.1) is 0 Å². The number of fused-ring (bicyclic) bond motifs is 1. The standard InChI is InChI=1S/C17H23N5O/c1-21(12-16(23)22-8-6-19-7-9-22)17-14(11-18)10-13-4-2-3-5-15(13)20-17/h10,19H,2-9,12H2,1H3. The van der Waals surface area contributed by atoms with Crippen LogP contribution in [0.25, 0.3) is 0 Å². The Balaban J connectivity index is 1.77. The van der Waals surface area contributed by atoms with Crippen molar-refractivity contribution in [2.45, 2.75) is 25.7 Å². The number of likely N-dealkylation sites (N-methyl/N-ethyl adjacent to an activating group) is 1. The minimum Gasteiger partial charge on any atom is -0.349 e. The first kappa shape index (κ1) is 15.8. The van der Waals surface area contributed by atoms with E-state index in [9.17, 15) is 10.1 Å². The first-order valence-corrected chi connectivity index (χ1v) is 8.31. The van der Waals surface area contributed by atoms with E-state index < -0.39 is 0 Å². The number of anilines is 1. The molecule has 0 aromatic carbocycles. The van der Waals surface area contributed by atoms with Gasteiger partial charge < -0.3 is 15.1 Å². The lowest BCUT2D eigenvalue weighted by Crippen LogP contribution is -2.49. The number of hydrogen-bond acceptors (Lipinski definition) is 5. The predicted molar refractivity (Wildman–Crippen MR) is 88.3 cm³/mol. The Morgan fingerprint density at radius 1 is 1.39 bits per heavy atom. The Hall–Kier alpha value is -2.13. The molecule has 1 aromatic rings. The van der Waals surface area contributed by atoms with Crippen LogP contribution in [-0.2, 0) is 17.6 Å². The van der Waals surface area contributed by atoms with Gasteiger partial charge in [0.15, 0.2) is 0 Å². The van der Waals surface area contributed by atoms with Crippen LogP contribution in [0.4, 0.5) is 5.82 Å². The highest BCUT2D eigenvalue weighted by Gasteiger charge is 2.21. The number of carbonyl (C=O) groups excluding carboxylic acids is 1. The molecule has 6 nitrogen and oxygen atoms in total. The highest BCUT2D eigenvalue weighted by molar-refractivity contribution is 5.81. The van der Waals surface area contributed by atoms with Crippen molar-refractivity contribution in [3.63, 3.8) is 0 Å². The van der Waals surface area contributed by atoms with Gasteiger partial charge >= 0.3 is 0 Å². The third kappa shape index (κ3) is 3.45. The summed E-state index contributed by atoms with van der Waals surface area (Å²) in [5, 5.41) is 12.7. The number of rotatable bonds is 3. The van der Waals surface area contributed by atoms with E-state index in [-0.39, 0.29) is 12.5 Å². The molecular weight excluding hydrogens is 290 g/mol. The second-order valence-corrected chi connectivity index (χ2v) is 6.27. The van der Waals surface area contributed by atoms with Gasteiger partial charge in [-0.1, -0.05) is 0 Å². The van der Waals surface area contributed by atoms with Gasteiger partial charge in [0, 0.05) is 38.9 Å². The van der Waals surface area contributed by atoms with Gasteiger partial charge in [-0.2, -0.15) is 5.26 Å². The zero-order valence-electron chi connectivity index (χ0n) is 13.6. The first-order valence-electron chi connectivity index (χ1n) is 8.31. The van der Waals surface area contributed by atoms with Gasteiger partial charge in [0.25, 0.3) is 0 Å². The largest absolute Gasteiger partial charge is 0.349 e. The summed E-state index contributed by atoms with van der Waals surface area (Å²) in [6.07, 6.45) is 4.28. The van der Waals surface area contributed by atoms with E-state index in [1.807, 2.05) is 22.9 Å². The van der Waals surface area contributed by atoms with Crippen molar-refractivity contribution < 1.29 is 4.79 Å². The lowest BCUT2D eigenvalue weighted by atomic mass is 9.95. The van der Waals surface area contributed by atoms with Crippen LogP contribution in [0, 0.1) is 11.3 Å². The lowest BCUT2D eigenvalue weighted by Gasteiger charge is -2.30. The van der Waals surface area contributed by atoms with E-state index in [1.54, 1.807) is 0 Å². The summed E-state index contributed by atoms with van der Waals surface area (Å²) in [5.74, 6) is 0.731. The quantitative estimate of drug-likeness (QED) is 0.889. The molecule has 1 N–H and O–H groups in total. The molecule has 1 fully saturated rings. The normalized spacial score (nSPS) is 17.3. The van der Waals surface area contributed by atoms with E-state index in [0.29, 0.717) is 11.4 Å². The fourth-order valence-electron chi connectivity index (χ4n) is 3.29. The molecule has 1 aliphatic heterocycles. The smallest absolute Gasteiger partial charge is 0.242 e. The third-order valence-corrected chi connectivity index (χ3v) is 4.60. The molecule has 1 aliphatic carbocycles. The number of piperazine rings is 1. The van der Waals surface area contributed by atoms with Crippen LogP contribution in [-0.4, -0.2) is 55.6 Å². The average Bonchev–Trinajstić information content (AvgIpc) is 2.61. The Bertz CT molecular complexity index is 631. The molecule has 23 heavy (non-hydrogen) atoms. The van der Waals surface area contributed by atoms with Gasteiger partial charge in [-0.3, -0.25) is 4.79 Å². The number of nitrogens with one attached hydrogen (secondary N) is 1. The number of nitriles is 1. The summed E-state index contributed by atoms with van der Waals surface area (Å²) in [7, 11) is 1.85. The van der Waals surface area contributed by atoms with Crippen LogP contribution in [0.15, 0.2) is 6.07 Å². The Labute approximate surface area is 137 Å². The van der Waals surface area contributed by atoms with Crippen LogP contribution in [0.3, 0.4) is 0 Å². The van der Waals surface area contributed by atoms with Crippen molar-refractivity contribution in [1.29, 1.82) is 5.26 Å². The summed E-state index contributed by atoms with van der Waals surface area (Å²) in [5.41, 5.74) is 2.85. The van der Waals surface area contributed by atoms with Gasteiger partial charge in [-0.05, 0) is 37.3 Å². The van der Waals surface area contributed by atoms with Crippen LogP contribution in [0.5, 0.6) is 0 Å². The summed E-state index contributed by atoms with van der Waals surface area (Å²) < 4.78 is 0. The number of aromatic nitrogens is 1. The number of amides is 1. The SMILES string of the molecule is CN(CC(=O)N1CCNCC1)c1nc2c(cc1C#N)CCCC2. The zero-order chi connectivity index (χ0) is 16.2. The first-order chi connectivity index (χ1) is 11.2. The molecule has 1 amide bonds. The summed E-state index contributed by atoms with van der Waals surface area (Å²) >= 11 is 0. The number of aryl methyl sites for hydroxylation is 2. The minimum atomic E-state index is 0.0948. The second-order valence-electron chi connectivity index (χ2n) is 6.27. The van der Waals surface area contributed by atoms with Crippen molar-refractivity contribution >= 4 is 11.7 Å². The summed E-state index contributed by atoms with van der Waals surface area (Å²) in [4.78, 5) is 20.8. The van der Waals surface area contributed by atoms with Crippen LogP contribution < -0.4 is 10.2 Å². The van der Waals surface area contributed by atoms with Crippen molar-refractivity contribution in [3.05, 3.63) is 22.9 Å². The Kier molecular flexibility index (Phi) is 4.77. The van der Waals surface area contributed by atoms with E-state index in [0.717, 1.165) is 57.6 Å². The Morgan fingerprint density at radius 2 is 2.13 bits per heavy atom. The van der Waals surface area contributed by atoms with Crippen LogP contribution >= 0.6 is 0 Å². The molecule has 0 radical (unpaired) electrons. The molecular formula is C17H23N5O. The van der Waals surface area contributed by atoms with E-state index in [4.69, 9.17) is 4.98 Å². The van der Waals surface area contributed by atoms with Crippen molar-refractivity contribution in [2.75, 3.05) is 44.7 Å². The minimum absolute atomic E-state index is 0.0948. The molecule has 2 heterocycles. The molecule has 3 rings (SSSR count). The maximum absolute atomic E-state index is 12.4. The number of carbonyl (C=O) groups is 1. The van der Waals surface area contributed by atoms with Gasteiger partial charge in [-0.25, -0.2) is 4.98 Å². The fraction of sp³-hybridized carbons (Fsp3) is 0.588. The fourth-order valence-corrected chi connectivity index (χ4v) is 3.29. The van der Waals surface area contributed by atoms with Crippen LogP contribution in [0.1, 0.15) is 29.7 Å². The van der Waals surface area contributed by atoms with E-state index >= 15 is 0 Å². The van der Waals surface area contributed by atoms with E-state index in [1.165, 1.54) is 5.56 Å². The summed E-state index contributed by atoms with van der Waals surface area (Å²) in [6.45, 7) is 3.44. The highest BCUT2D eigenvalue weighted by atomic mass is 16.2. The molecule has 122 valence electrons. The molecule has 1 aromatic heterocycles. The Morgan fingerprint density at radius 3 is 2.87 bits per heavy atom. The van der Waals surface area contributed by atoms with Gasteiger partial charge in [0.1, 0.15) is 11.9 Å². The molecule has 0 atom stereocenters. The van der Waals surface area contributed by atoms with Crippen LogP contribution in [0.2, 0.25) is 0 Å².